The van der Waals surface area contributed by atoms with Gasteiger partial charge in [0.25, 0.3) is 0 Å². The topological polar surface area (TPSA) is 43.4 Å². The number of nitrogens with zero attached hydrogens (tertiary/aromatic N) is 1. The van der Waals surface area contributed by atoms with Gasteiger partial charge < -0.3 is 9.22 Å². The molecule has 0 aromatic heterocycles. The maximum absolute atomic E-state index is 12.1. The van der Waals surface area contributed by atoms with Crippen molar-refractivity contribution in [2.24, 2.45) is 0 Å². The molecule has 0 amide bonds. The first-order valence-electron chi connectivity index (χ1n) is 13.9. The number of esters is 1. The van der Waals surface area contributed by atoms with Crippen molar-refractivity contribution in [2.45, 2.75) is 117 Å². The summed E-state index contributed by atoms with van der Waals surface area (Å²) in [5.41, 5.74) is 0. The molecule has 0 unspecified atom stereocenters. The number of hydrogen-bond donors (Lipinski definition) is 0. The number of quaternary nitrogens is 1. The number of likely N-dealkylation sites (N-methyl/N-ethyl adjacent to an activating group) is 1. The Balaban J connectivity index is 3.64. The molecule has 0 saturated heterocycles. The first-order valence-corrected chi connectivity index (χ1v) is 13.9. The van der Waals surface area contributed by atoms with Crippen molar-refractivity contribution in [3.8, 4) is 0 Å². The molecule has 0 spiro atoms. The molecule has 0 saturated carbocycles. The first kappa shape index (κ1) is 31.6. The van der Waals surface area contributed by atoms with Crippen LogP contribution in [0.25, 0.3) is 0 Å². The Labute approximate surface area is 205 Å². The second-order valence-corrected chi connectivity index (χ2v) is 9.48. The molecule has 0 bridgehead atoms. The zero-order valence-corrected chi connectivity index (χ0v) is 22.3. The zero-order chi connectivity index (χ0) is 24.6. The predicted octanol–water partition coefficient (Wildman–Crippen LogP) is 7.57. The van der Waals surface area contributed by atoms with Gasteiger partial charge in [-0.15, -0.1) is 0 Å². The smallest absolute Gasteiger partial charge is 0.330 e. The molecule has 0 aromatic rings. The van der Waals surface area contributed by atoms with Gasteiger partial charge in [0.05, 0.1) is 39.2 Å². The van der Waals surface area contributed by atoms with Gasteiger partial charge in [-0.3, -0.25) is 4.79 Å². The summed E-state index contributed by atoms with van der Waals surface area (Å²) >= 11 is 0. The van der Waals surface area contributed by atoms with Crippen LogP contribution in [0.5, 0.6) is 0 Å². The highest BCUT2D eigenvalue weighted by Crippen LogP contribution is 2.13. The van der Waals surface area contributed by atoms with Crippen molar-refractivity contribution in [3.05, 3.63) is 24.8 Å². The van der Waals surface area contributed by atoms with Crippen molar-refractivity contribution >= 4 is 11.8 Å². The van der Waals surface area contributed by atoms with Crippen molar-refractivity contribution in [1.29, 1.82) is 0 Å². The summed E-state index contributed by atoms with van der Waals surface area (Å²) in [6.07, 6.45) is 23.3. The van der Waals surface area contributed by atoms with E-state index in [1.807, 2.05) is 6.08 Å². The maximum atomic E-state index is 12.1. The van der Waals surface area contributed by atoms with E-state index in [0.29, 0.717) is 13.0 Å². The number of ketones is 1. The molecule has 192 valence electrons. The van der Waals surface area contributed by atoms with Crippen LogP contribution in [0.3, 0.4) is 0 Å². The molecule has 0 heterocycles. The second-order valence-electron chi connectivity index (χ2n) is 9.48. The molecule has 0 radical (unpaired) electrons. The summed E-state index contributed by atoms with van der Waals surface area (Å²) in [5.74, 6) is -0.423. The Morgan fingerprint density at radius 3 is 1.67 bits per heavy atom. The summed E-state index contributed by atoms with van der Waals surface area (Å²) in [6, 6.07) is 0. The summed E-state index contributed by atoms with van der Waals surface area (Å²) in [4.78, 5) is 23.9. The fourth-order valence-corrected chi connectivity index (χ4v) is 4.27. The molecular weight excluding hydrogens is 410 g/mol. The van der Waals surface area contributed by atoms with Gasteiger partial charge in [0, 0.05) is 6.08 Å². The molecule has 4 heteroatoms. The van der Waals surface area contributed by atoms with Gasteiger partial charge in [-0.2, -0.15) is 0 Å². The molecule has 0 aromatic carbocycles. The van der Waals surface area contributed by atoms with E-state index < -0.39 is 5.97 Å². The lowest BCUT2D eigenvalue weighted by Gasteiger charge is -2.35. The number of unbranched alkanes of at least 4 members (excludes halogenated alkanes) is 13. The fraction of sp³-hybridized carbons (Fsp3) is 0.793. The quantitative estimate of drug-likeness (QED) is 0.0486. The molecule has 4 nitrogen and oxygen atoms in total. The third-order valence-electron chi connectivity index (χ3n) is 6.84. The largest absolute Gasteiger partial charge is 0.463 e. The van der Waals surface area contributed by atoms with Crippen LogP contribution in [0, 0.1) is 0 Å². The van der Waals surface area contributed by atoms with Gasteiger partial charge in [0.15, 0.2) is 5.78 Å². The van der Waals surface area contributed by atoms with Gasteiger partial charge in [-0.1, -0.05) is 97.0 Å². The molecule has 0 rings (SSSR count). The highest BCUT2D eigenvalue weighted by Gasteiger charge is 2.21. The highest BCUT2D eigenvalue weighted by molar-refractivity contribution is 5.95. The van der Waals surface area contributed by atoms with Gasteiger partial charge >= 0.3 is 5.97 Å². The van der Waals surface area contributed by atoms with Crippen LogP contribution in [-0.4, -0.2) is 49.0 Å². The summed E-state index contributed by atoms with van der Waals surface area (Å²) in [7, 11) is 0. The highest BCUT2D eigenvalue weighted by atomic mass is 16.5. The van der Waals surface area contributed by atoms with Crippen molar-refractivity contribution in [3.63, 3.8) is 0 Å². The molecule has 33 heavy (non-hydrogen) atoms. The molecule has 0 atom stereocenters. The first-order chi connectivity index (χ1) is 16.0. The maximum Gasteiger partial charge on any atom is 0.330 e. The van der Waals surface area contributed by atoms with Crippen LogP contribution < -0.4 is 0 Å². The lowest BCUT2D eigenvalue weighted by atomic mass is 10.0. The Bertz CT molecular complexity index is 523. The normalized spacial score (nSPS) is 11.7. The third kappa shape index (κ3) is 18.7. The van der Waals surface area contributed by atoms with Crippen LogP contribution in [-0.2, 0) is 14.3 Å². The van der Waals surface area contributed by atoms with Crippen LogP contribution in [0.15, 0.2) is 24.8 Å². The molecule has 0 aliphatic carbocycles. The van der Waals surface area contributed by atoms with Gasteiger partial charge in [0.1, 0.15) is 0 Å². The Hall–Kier alpha value is -1.42. The molecular formula is C29H54NO3+. The molecule has 0 N–H and O–H groups in total. The standard InChI is InChI=1S/C29H54NO3/c1-5-9-10-11-12-13-14-15-16-17-18-19-20-21-27-33-29(32)23-22-28(31)24-26-30(7-3,8-4)25-6-2/h6,22-23H,2,5,7-21,24-27H2,1,3-4H3/q+1/b23-22-. The number of allylic oxidation sites excluding steroid dienone is 1. The number of carbonyl (C=O) groups is 2. The van der Waals surface area contributed by atoms with E-state index in [9.17, 15) is 9.59 Å². The van der Waals surface area contributed by atoms with E-state index in [2.05, 4.69) is 27.4 Å². The molecule has 0 fully saturated rings. The zero-order valence-electron chi connectivity index (χ0n) is 22.3. The molecule has 0 aliphatic heterocycles. The van der Waals surface area contributed by atoms with Crippen LogP contribution >= 0.6 is 0 Å². The van der Waals surface area contributed by atoms with Crippen LogP contribution in [0.1, 0.15) is 117 Å². The van der Waals surface area contributed by atoms with E-state index in [-0.39, 0.29) is 5.78 Å². The van der Waals surface area contributed by atoms with Gasteiger partial charge in [0.2, 0.25) is 0 Å². The predicted molar refractivity (Wildman–Crippen MR) is 141 cm³/mol. The Morgan fingerprint density at radius 2 is 1.21 bits per heavy atom. The Kier molecular flexibility index (Phi) is 21.4. The van der Waals surface area contributed by atoms with Gasteiger partial charge in [-0.05, 0) is 32.4 Å². The SMILES string of the molecule is C=CC[N+](CC)(CC)CCC(=O)/C=C\C(=O)OCCCCCCCCCCCCCCCC. The minimum absolute atomic E-state index is 0.0168. The summed E-state index contributed by atoms with van der Waals surface area (Å²) in [6.45, 7) is 14.4. The fourth-order valence-electron chi connectivity index (χ4n) is 4.27. The number of rotatable bonds is 24. The lowest BCUT2D eigenvalue weighted by Crippen LogP contribution is -2.48. The average molecular weight is 465 g/mol. The van der Waals surface area contributed by atoms with Crippen LogP contribution in [0.2, 0.25) is 0 Å². The summed E-state index contributed by atoms with van der Waals surface area (Å²) < 4.78 is 6.08. The number of hydrogen-bond acceptors (Lipinski definition) is 3. The van der Waals surface area contributed by atoms with Crippen molar-refractivity contribution in [2.75, 3.05) is 32.8 Å². The van der Waals surface area contributed by atoms with Crippen molar-refractivity contribution in [1.82, 2.24) is 0 Å². The number of ether oxygens (including phenoxy) is 1. The van der Waals surface area contributed by atoms with E-state index >= 15 is 0 Å². The summed E-state index contributed by atoms with van der Waals surface area (Å²) in [5, 5.41) is 0. The lowest BCUT2D eigenvalue weighted by molar-refractivity contribution is -0.918. The minimum atomic E-state index is -0.407. The van der Waals surface area contributed by atoms with Gasteiger partial charge in [-0.25, -0.2) is 4.79 Å². The van der Waals surface area contributed by atoms with E-state index in [1.54, 1.807) is 0 Å². The van der Waals surface area contributed by atoms with Crippen LogP contribution in [0.4, 0.5) is 0 Å². The Morgan fingerprint density at radius 1 is 0.727 bits per heavy atom. The van der Waals surface area contributed by atoms with E-state index in [1.165, 1.54) is 89.2 Å². The second kappa shape index (κ2) is 22.4. The number of carbonyl (C=O) groups excluding carboxylic acids is 2. The average Bonchev–Trinajstić information content (AvgIpc) is 2.83. The minimum Gasteiger partial charge on any atom is -0.463 e. The van der Waals surface area contributed by atoms with E-state index in [4.69, 9.17) is 4.74 Å². The monoisotopic (exact) mass is 464 g/mol. The third-order valence-corrected chi connectivity index (χ3v) is 6.84. The van der Waals surface area contributed by atoms with E-state index in [0.717, 1.165) is 43.5 Å². The molecule has 0 aliphatic rings. The van der Waals surface area contributed by atoms with Crippen molar-refractivity contribution < 1.29 is 18.8 Å².